The van der Waals surface area contributed by atoms with Crippen molar-refractivity contribution in [3.8, 4) is 0 Å². The van der Waals surface area contributed by atoms with Crippen LogP contribution in [0, 0.1) is 12.3 Å². The minimum atomic E-state index is -2.09. The van der Waals surface area contributed by atoms with E-state index in [9.17, 15) is 5.11 Å². The van der Waals surface area contributed by atoms with Crippen molar-refractivity contribution in [2.45, 2.75) is 77.3 Å². The molecule has 0 radical (unpaired) electrons. The summed E-state index contributed by atoms with van der Waals surface area (Å²) in [6.07, 6.45) is 0.250. The van der Waals surface area contributed by atoms with Gasteiger partial charge in [0, 0.05) is 0 Å². The van der Waals surface area contributed by atoms with Gasteiger partial charge in [0.05, 0.1) is 29.6 Å². The van der Waals surface area contributed by atoms with Gasteiger partial charge in [0.2, 0.25) is 5.28 Å². The van der Waals surface area contributed by atoms with Crippen LogP contribution in [0.4, 0.5) is 0 Å². The summed E-state index contributed by atoms with van der Waals surface area (Å²) in [6, 6.07) is 0. The second-order valence-electron chi connectivity index (χ2n) is 9.46. The number of imidazole rings is 1. The number of hydrogen-bond donors (Lipinski definition) is 1. The lowest BCUT2D eigenvalue weighted by Gasteiger charge is -2.41. The number of aliphatic hydroxyl groups is 1. The molecule has 1 aliphatic heterocycles. The van der Waals surface area contributed by atoms with Crippen molar-refractivity contribution in [3.05, 3.63) is 17.3 Å². The maximum Gasteiger partial charge on any atom is 0.224 e. The molecule has 1 aliphatic carbocycles. The number of rotatable bonds is 3. The van der Waals surface area contributed by atoms with Crippen molar-refractivity contribution in [3.63, 3.8) is 0 Å². The molecular formula is C18H27ClN4O3Si. The van der Waals surface area contributed by atoms with Crippen LogP contribution in [0.3, 0.4) is 0 Å². The molecule has 1 saturated heterocycles. The predicted octanol–water partition coefficient (Wildman–Crippen LogP) is 3.46. The summed E-state index contributed by atoms with van der Waals surface area (Å²) in [7, 11) is -2.09. The third-order valence-electron chi connectivity index (χ3n) is 6.66. The average Bonchev–Trinajstić information content (AvgIpc) is 2.87. The zero-order valence-electron chi connectivity index (χ0n) is 16.8. The summed E-state index contributed by atoms with van der Waals surface area (Å²) in [5.74, 6) is 0. The highest BCUT2D eigenvalue weighted by Crippen LogP contribution is 2.63. The molecule has 0 aromatic carbocycles. The summed E-state index contributed by atoms with van der Waals surface area (Å²) < 4.78 is 14.9. The standard InChI is InChI=1S/C18H27ClN4O3Si/c1-9-10-14(22-16(19)21-9)23(8-20-10)15-13(18(5)11(24)12(18)25-15)26-27(6,7)17(2,3)4/h8,11-13,15,24H,1-7H3/t11?,12-,13?,15-,18+/m1/s1. The third-order valence-corrected chi connectivity index (χ3v) is 11.3. The van der Waals surface area contributed by atoms with Crippen molar-refractivity contribution in [2.24, 2.45) is 5.41 Å². The topological polar surface area (TPSA) is 82.3 Å². The number of nitrogens with zero attached hydrogens (tertiary/aromatic N) is 4. The molecule has 0 amide bonds. The van der Waals surface area contributed by atoms with Crippen molar-refractivity contribution in [1.82, 2.24) is 19.5 Å². The van der Waals surface area contributed by atoms with Gasteiger partial charge in [0.15, 0.2) is 20.2 Å². The van der Waals surface area contributed by atoms with E-state index in [1.165, 1.54) is 0 Å². The van der Waals surface area contributed by atoms with E-state index in [4.69, 9.17) is 20.8 Å². The molecule has 27 heavy (non-hydrogen) atoms. The average molecular weight is 411 g/mol. The van der Waals surface area contributed by atoms with Gasteiger partial charge in [-0.05, 0) is 36.7 Å². The summed E-state index contributed by atoms with van der Waals surface area (Å²) >= 11 is 6.08. The first kappa shape index (κ1) is 19.3. The predicted molar refractivity (Wildman–Crippen MR) is 105 cm³/mol. The Morgan fingerprint density at radius 2 is 2.00 bits per heavy atom. The largest absolute Gasteiger partial charge is 0.409 e. The zero-order chi connectivity index (χ0) is 19.9. The van der Waals surface area contributed by atoms with E-state index >= 15 is 0 Å². The molecule has 0 bridgehead atoms. The smallest absolute Gasteiger partial charge is 0.224 e. The summed E-state index contributed by atoms with van der Waals surface area (Å²) in [4.78, 5) is 13.0. The maximum absolute atomic E-state index is 10.4. The van der Waals surface area contributed by atoms with Crippen LogP contribution in [0.15, 0.2) is 6.33 Å². The Morgan fingerprint density at radius 3 is 2.63 bits per heavy atom. The Hall–Kier alpha value is -1.06. The van der Waals surface area contributed by atoms with Gasteiger partial charge in [-0.1, -0.05) is 27.7 Å². The van der Waals surface area contributed by atoms with Crippen LogP contribution in [-0.4, -0.2) is 51.3 Å². The Morgan fingerprint density at radius 1 is 1.33 bits per heavy atom. The van der Waals surface area contributed by atoms with Crippen LogP contribution in [0.25, 0.3) is 11.2 Å². The van der Waals surface area contributed by atoms with Gasteiger partial charge in [0.25, 0.3) is 0 Å². The summed E-state index contributed by atoms with van der Waals surface area (Å²) in [6.45, 7) is 14.9. The van der Waals surface area contributed by atoms with E-state index in [-0.39, 0.29) is 22.5 Å². The minimum Gasteiger partial charge on any atom is -0.409 e. The number of ether oxygens (including phenoxy) is 1. The molecule has 0 spiro atoms. The molecule has 2 unspecified atom stereocenters. The van der Waals surface area contributed by atoms with Crippen LogP contribution in [0.1, 0.15) is 39.6 Å². The van der Waals surface area contributed by atoms with Crippen LogP contribution in [-0.2, 0) is 9.16 Å². The Bertz CT molecular complexity index is 912. The molecule has 2 fully saturated rings. The molecule has 2 aromatic rings. The molecule has 1 saturated carbocycles. The van der Waals surface area contributed by atoms with Gasteiger partial charge in [-0.15, -0.1) is 0 Å². The van der Waals surface area contributed by atoms with Crippen LogP contribution >= 0.6 is 11.6 Å². The first-order valence-electron chi connectivity index (χ1n) is 9.26. The first-order valence-corrected chi connectivity index (χ1v) is 12.5. The van der Waals surface area contributed by atoms with Gasteiger partial charge in [-0.3, -0.25) is 4.57 Å². The molecule has 148 valence electrons. The van der Waals surface area contributed by atoms with Gasteiger partial charge in [0.1, 0.15) is 11.6 Å². The second-order valence-corrected chi connectivity index (χ2v) is 14.6. The fraction of sp³-hybridized carbons (Fsp3) is 0.722. The molecule has 7 nitrogen and oxygen atoms in total. The van der Waals surface area contributed by atoms with Crippen LogP contribution in [0.5, 0.6) is 0 Å². The van der Waals surface area contributed by atoms with E-state index in [0.717, 1.165) is 5.69 Å². The molecule has 9 heteroatoms. The molecular weight excluding hydrogens is 384 g/mol. The maximum atomic E-state index is 10.4. The highest BCUT2D eigenvalue weighted by atomic mass is 35.5. The molecule has 4 rings (SSSR count). The molecule has 2 aromatic heterocycles. The van der Waals surface area contributed by atoms with Crippen molar-refractivity contribution >= 4 is 31.1 Å². The van der Waals surface area contributed by atoms with Crippen molar-refractivity contribution < 1.29 is 14.3 Å². The van der Waals surface area contributed by atoms with Crippen LogP contribution in [0.2, 0.25) is 23.4 Å². The van der Waals surface area contributed by atoms with E-state index in [1.807, 2.05) is 18.4 Å². The van der Waals surface area contributed by atoms with Gasteiger partial charge < -0.3 is 14.3 Å². The Balaban J connectivity index is 1.77. The number of hydrogen-bond acceptors (Lipinski definition) is 6. The molecule has 3 heterocycles. The number of halogens is 1. The minimum absolute atomic E-state index is 0.0465. The van der Waals surface area contributed by atoms with E-state index < -0.39 is 26.1 Å². The SMILES string of the molecule is Cc1nc(Cl)nc2c1ncn2[C@@H]1O[C@@H]2C(O)[C@]2(C)C1O[Si](C)(C)C(C)(C)C. The number of aromatic nitrogens is 4. The Kier molecular flexibility index (Phi) is 4.09. The van der Waals surface area contributed by atoms with E-state index in [0.29, 0.717) is 11.2 Å². The monoisotopic (exact) mass is 410 g/mol. The van der Waals surface area contributed by atoms with Gasteiger partial charge in [-0.25, -0.2) is 9.97 Å². The Labute approximate surface area is 165 Å². The summed E-state index contributed by atoms with van der Waals surface area (Å²) in [5, 5.41) is 10.7. The van der Waals surface area contributed by atoms with Gasteiger partial charge >= 0.3 is 0 Å². The molecule has 1 N–H and O–H groups in total. The highest BCUT2D eigenvalue weighted by Gasteiger charge is 2.75. The zero-order valence-corrected chi connectivity index (χ0v) is 18.6. The lowest BCUT2D eigenvalue weighted by molar-refractivity contribution is -0.0695. The molecule has 2 aliphatic rings. The van der Waals surface area contributed by atoms with Gasteiger partial charge in [-0.2, -0.15) is 4.98 Å². The third kappa shape index (κ3) is 2.68. The lowest BCUT2D eigenvalue weighted by atomic mass is 10.0. The fourth-order valence-electron chi connectivity index (χ4n) is 3.65. The number of fused-ring (bicyclic) bond motifs is 2. The van der Waals surface area contributed by atoms with Crippen molar-refractivity contribution in [2.75, 3.05) is 0 Å². The van der Waals surface area contributed by atoms with E-state index in [1.54, 1.807) is 6.33 Å². The van der Waals surface area contributed by atoms with Crippen LogP contribution < -0.4 is 0 Å². The number of aryl methyl sites for hydroxylation is 1. The van der Waals surface area contributed by atoms with E-state index in [2.05, 4.69) is 48.8 Å². The first-order chi connectivity index (χ1) is 12.4. The van der Waals surface area contributed by atoms with Crippen molar-refractivity contribution in [1.29, 1.82) is 0 Å². The summed E-state index contributed by atoms with van der Waals surface area (Å²) in [5.41, 5.74) is 1.61. The lowest BCUT2D eigenvalue weighted by Crippen LogP contribution is -2.48. The second kappa shape index (κ2) is 5.73. The fourth-order valence-corrected chi connectivity index (χ4v) is 5.22. The quantitative estimate of drug-likeness (QED) is 0.616. The molecule has 5 atom stereocenters. The number of aliphatic hydroxyl groups excluding tert-OH is 1. The normalized spacial score (nSPS) is 33.5. The highest BCUT2D eigenvalue weighted by molar-refractivity contribution is 6.74.